The summed E-state index contributed by atoms with van der Waals surface area (Å²) in [4.78, 5) is 19.3. The molecule has 0 spiro atoms. The molecule has 2 aromatic heterocycles. The zero-order chi connectivity index (χ0) is 12.4. The first-order valence-electron chi connectivity index (χ1n) is 5.68. The van der Waals surface area contributed by atoms with E-state index in [0.717, 1.165) is 5.56 Å². The van der Waals surface area contributed by atoms with Crippen LogP contribution in [0.15, 0.2) is 42.0 Å². The summed E-state index contributed by atoms with van der Waals surface area (Å²) in [5, 5.41) is 2.15. The van der Waals surface area contributed by atoms with Gasteiger partial charge in [-0.15, -0.1) is 23.1 Å². The van der Waals surface area contributed by atoms with Gasteiger partial charge < -0.3 is 4.90 Å². The molecule has 18 heavy (non-hydrogen) atoms. The van der Waals surface area contributed by atoms with Gasteiger partial charge in [-0.1, -0.05) is 12.1 Å². The molecule has 3 rings (SSSR count). The van der Waals surface area contributed by atoms with Crippen molar-refractivity contribution < 1.29 is 4.79 Å². The average molecular weight is 276 g/mol. The number of hydrogen-bond acceptors (Lipinski definition) is 4. The van der Waals surface area contributed by atoms with E-state index in [9.17, 15) is 4.79 Å². The highest BCUT2D eigenvalue weighted by molar-refractivity contribution is 8.00. The third-order valence-corrected chi connectivity index (χ3v) is 4.96. The van der Waals surface area contributed by atoms with Gasteiger partial charge in [0.05, 0.1) is 12.3 Å². The molecule has 92 valence electrons. The van der Waals surface area contributed by atoms with Crippen LogP contribution in [0.25, 0.3) is 0 Å². The van der Waals surface area contributed by atoms with E-state index in [2.05, 4.69) is 11.1 Å². The minimum Gasteiger partial charge on any atom is -0.321 e. The molecule has 0 aromatic carbocycles. The van der Waals surface area contributed by atoms with E-state index in [4.69, 9.17) is 0 Å². The van der Waals surface area contributed by atoms with Crippen molar-refractivity contribution in [3.05, 3.63) is 52.5 Å². The van der Waals surface area contributed by atoms with Crippen LogP contribution in [0.2, 0.25) is 0 Å². The van der Waals surface area contributed by atoms with Crippen LogP contribution in [0.1, 0.15) is 15.8 Å². The second-order valence-corrected chi connectivity index (χ2v) is 6.15. The third-order valence-electron chi connectivity index (χ3n) is 2.84. The number of thiophene rings is 1. The van der Waals surface area contributed by atoms with Gasteiger partial charge in [0, 0.05) is 22.8 Å². The predicted molar refractivity (Wildman–Crippen MR) is 74.3 cm³/mol. The van der Waals surface area contributed by atoms with Crippen molar-refractivity contribution >= 4 is 29.0 Å². The number of carbonyl (C=O) groups is 1. The zero-order valence-electron chi connectivity index (χ0n) is 9.65. The molecule has 3 nitrogen and oxygen atoms in total. The van der Waals surface area contributed by atoms with Gasteiger partial charge in [-0.2, -0.15) is 0 Å². The second kappa shape index (κ2) is 5.12. The Morgan fingerprint density at radius 1 is 1.39 bits per heavy atom. The van der Waals surface area contributed by atoms with Crippen molar-refractivity contribution in [3.63, 3.8) is 0 Å². The second-order valence-electron chi connectivity index (χ2n) is 4.05. The number of rotatable bonds is 3. The molecule has 1 saturated heterocycles. The van der Waals surface area contributed by atoms with Crippen molar-refractivity contribution in [2.45, 2.75) is 11.9 Å². The Labute approximate surface area is 114 Å². The first-order chi connectivity index (χ1) is 8.84. The molecular formula is C13H12N2OS2. The predicted octanol–water partition coefficient (Wildman–Crippen LogP) is 2.92. The third kappa shape index (κ3) is 2.28. The summed E-state index contributed by atoms with van der Waals surface area (Å²) in [6.07, 6.45) is 3.60. The summed E-state index contributed by atoms with van der Waals surface area (Å²) in [5.41, 5.74) is 1.10. The molecule has 1 aliphatic heterocycles. The van der Waals surface area contributed by atoms with Crippen molar-refractivity contribution in [2.24, 2.45) is 0 Å². The lowest BCUT2D eigenvalue weighted by Crippen LogP contribution is -2.27. The Kier molecular flexibility index (Phi) is 3.34. The average Bonchev–Trinajstić information content (AvgIpc) is 3.03. The minimum atomic E-state index is 0.105. The Bertz CT molecular complexity index is 527. The van der Waals surface area contributed by atoms with E-state index in [1.54, 1.807) is 29.3 Å². The van der Waals surface area contributed by atoms with Crippen LogP contribution in [0, 0.1) is 0 Å². The molecule has 5 heteroatoms. The van der Waals surface area contributed by atoms with Gasteiger partial charge in [0.25, 0.3) is 0 Å². The van der Waals surface area contributed by atoms with Crippen molar-refractivity contribution in [1.29, 1.82) is 0 Å². The van der Waals surface area contributed by atoms with E-state index in [-0.39, 0.29) is 11.3 Å². The first kappa shape index (κ1) is 11.7. The quantitative estimate of drug-likeness (QED) is 0.864. The molecule has 0 radical (unpaired) electrons. The minimum absolute atomic E-state index is 0.105. The van der Waals surface area contributed by atoms with Crippen LogP contribution in [-0.4, -0.2) is 21.5 Å². The van der Waals surface area contributed by atoms with E-state index >= 15 is 0 Å². The zero-order valence-corrected chi connectivity index (χ0v) is 11.3. The number of carbonyl (C=O) groups excluding carboxylic acids is 1. The van der Waals surface area contributed by atoms with Gasteiger partial charge in [-0.3, -0.25) is 9.78 Å². The monoisotopic (exact) mass is 276 g/mol. The molecule has 0 unspecified atom stereocenters. The summed E-state index contributed by atoms with van der Waals surface area (Å²) in [5.74, 6) is 0.771. The SMILES string of the molecule is O=C1CS[C@H](c2cccnc2)N1Cc1cccs1. The molecule has 0 aliphatic carbocycles. The summed E-state index contributed by atoms with van der Waals surface area (Å²) in [6.45, 7) is 0.697. The van der Waals surface area contributed by atoms with Crippen LogP contribution in [0.5, 0.6) is 0 Å². The molecule has 3 heterocycles. The van der Waals surface area contributed by atoms with Gasteiger partial charge in [-0.25, -0.2) is 0 Å². The molecule has 0 N–H and O–H groups in total. The topological polar surface area (TPSA) is 33.2 Å². The number of hydrogen-bond donors (Lipinski definition) is 0. The van der Waals surface area contributed by atoms with Crippen molar-refractivity contribution in [1.82, 2.24) is 9.88 Å². The Morgan fingerprint density at radius 3 is 3.06 bits per heavy atom. The summed E-state index contributed by atoms with van der Waals surface area (Å²) >= 11 is 3.36. The molecule has 1 aliphatic rings. The Morgan fingerprint density at radius 2 is 2.33 bits per heavy atom. The fourth-order valence-electron chi connectivity index (χ4n) is 1.99. The van der Waals surface area contributed by atoms with Gasteiger partial charge >= 0.3 is 0 Å². The highest BCUT2D eigenvalue weighted by Crippen LogP contribution is 2.39. The van der Waals surface area contributed by atoms with Crippen LogP contribution in [0.3, 0.4) is 0 Å². The summed E-state index contributed by atoms with van der Waals surface area (Å²) in [6, 6.07) is 8.04. The summed E-state index contributed by atoms with van der Waals surface area (Å²) in [7, 11) is 0. The standard InChI is InChI=1S/C13H12N2OS2/c16-12-9-18-13(10-3-1-5-14-7-10)15(12)8-11-4-2-6-17-11/h1-7,13H,8-9H2/t13-/m1/s1. The normalized spacial score (nSPS) is 19.4. The highest BCUT2D eigenvalue weighted by Gasteiger charge is 2.32. The lowest BCUT2D eigenvalue weighted by Gasteiger charge is -2.23. The fraction of sp³-hybridized carbons (Fsp3) is 0.231. The smallest absolute Gasteiger partial charge is 0.234 e. The van der Waals surface area contributed by atoms with Crippen LogP contribution in [-0.2, 0) is 11.3 Å². The molecule has 0 saturated carbocycles. The molecule has 1 atom stereocenters. The summed E-state index contributed by atoms with van der Waals surface area (Å²) < 4.78 is 0. The number of thioether (sulfide) groups is 1. The van der Waals surface area contributed by atoms with E-state index in [1.807, 2.05) is 34.7 Å². The number of aromatic nitrogens is 1. The lowest BCUT2D eigenvalue weighted by atomic mass is 10.2. The van der Waals surface area contributed by atoms with Gasteiger partial charge in [0.1, 0.15) is 5.37 Å². The highest BCUT2D eigenvalue weighted by atomic mass is 32.2. The fourth-order valence-corrected chi connectivity index (χ4v) is 3.87. The maximum atomic E-state index is 12.0. The Balaban J connectivity index is 1.84. The van der Waals surface area contributed by atoms with Gasteiger partial charge in [0.2, 0.25) is 5.91 Å². The van der Waals surface area contributed by atoms with E-state index in [0.29, 0.717) is 12.3 Å². The van der Waals surface area contributed by atoms with Gasteiger partial charge in [0.15, 0.2) is 0 Å². The van der Waals surface area contributed by atoms with Crippen LogP contribution in [0.4, 0.5) is 0 Å². The van der Waals surface area contributed by atoms with E-state index < -0.39 is 0 Å². The van der Waals surface area contributed by atoms with Crippen molar-refractivity contribution in [3.8, 4) is 0 Å². The largest absolute Gasteiger partial charge is 0.321 e. The van der Waals surface area contributed by atoms with E-state index in [1.165, 1.54) is 4.88 Å². The number of nitrogens with zero attached hydrogens (tertiary/aromatic N) is 2. The molecule has 1 fully saturated rings. The molecular weight excluding hydrogens is 264 g/mol. The van der Waals surface area contributed by atoms with Crippen molar-refractivity contribution in [2.75, 3.05) is 5.75 Å². The van der Waals surface area contributed by atoms with Gasteiger partial charge in [-0.05, 0) is 17.5 Å². The van der Waals surface area contributed by atoms with Crippen LogP contribution < -0.4 is 0 Å². The molecule has 2 aromatic rings. The maximum absolute atomic E-state index is 12.0. The first-order valence-corrected chi connectivity index (χ1v) is 7.61. The molecule has 1 amide bonds. The Hall–Kier alpha value is -1.33. The lowest BCUT2D eigenvalue weighted by molar-refractivity contribution is -0.128. The molecule has 0 bridgehead atoms. The number of pyridine rings is 1. The number of amides is 1. The van der Waals surface area contributed by atoms with Crippen LogP contribution >= 0.6 is 23.1 Å². The maximum Gasteiger partial charge on any atom is 0.234 e.